The van der Waals surface area contributed by atoms with Crippen LogP contribution in [-0.2, 0) is 11.3 Å². The molecule has 0 atom stereocenters. The maximum absolute atomic E-state index is 11.8. The van der Waals surface area contributed by atoms with Crippen molar-refractivity contribution in [1.82, 2.24) is 20.2 Å². The van der Waals surface area contributed by atoms with Crippen LogP contribution in [0.5, 0.6) is 0 Å². The van der Waals surface area contributed by atoms with E-state index in [1.165, 1.54) is 0 Å². The van der Waals surface area contributed by atoms with Crippen molar-refractivity contribution in [2.24, 2.45) is 0 Å². The number of likely N-dealkylation sites (N-methyl/N-ethyl adjacent to an activating group) is 1. The van der Waals surface area contributed by atoms with Crippen LogP contribution in [0, 0.1) is 0 Å². The summed E-state index contributed by atoms with van der Waals surface area (Å²) in [6.07, 6.45) is 1.75. The number of hydrogen-bond acceptors (Lipinski definition) is 4. The van der Waals surface area contributed by atoms with Crippen LogP contribution in [0.3, 0.4) is 0 Å². The average Bonchev–Trinajstić information content (AvgIpc) is 2.48. The molecule has 1 amide bonds. The van der Waals surface area contributed by atoms with Gasteiger partial charge in [-0.3, -0.25) is 9.78 Å². The van der Waals surface area contributed by atoms with Gasteiger partial charge in [0.2, 0.25) is 5.91 Å². The molecule has 1 aromatic carbocycles. The first-order valence-electron chi connectivity index (χ1n) is 6.93. The summed E-state index contributed by atoms with van der Waals surface area (Å²) in [5.41, 5.74) is 2.60. The second-order valence-electron chi connectivity index (χ2n) is 4.52. The SMILES string of the molecule is CCN(CC)C(=O)CNCc1cnc2ccccc2n1. The lowest BCUT2D eigenvalue weighted by Gasteiger charge is -2.18. The molecule has 0 fully saturated rings. The highest BCUT2D eigenvalue weighted by molar-refractivity contribution is 5.78. The highest BCUT2D eigenvalue weighted by atomic mass is 16.2. The van der Waals surface area contributed by atoms with Gasteiger partial charge >= 0.3 is 0 Å². The number of amides is 1. The Balaban J connectivity index is 1.91. The Labute approximate surface area is 119 Å². The monoisotopic (exact) mass is 272 g/mol. The van der Waals surface area contributed by atoms with Gasteiger partial charge in [-0.15, -0.1) is 0 Å². The van der Waals surface area contributed by atoms with E-state index in [1.54, 1.807) is 11.1 Å². The zero-order valence-electron chi connectivity index (χ0n) is 12.0. The molecule has 20 heavy (non-hydrogen) atoms. The van der Waals surface area contributed by atoms with Crippen LogP contribution in [-0.4, -0.2) is 40.4 Å². The summed E-state index contributed by atoms with van der Waals surface area (Å²) in [6, 6.07) is 7.76. The zero-order valence-corrected chi connectivity index (χ0v) is 12.0. The lowest BCUT2D eigenvalue weighted by Crippen LogP contribution is -2.37. The van der Waals surface area contributed by atoms with E-state index in [0.717, 1.165) is 29.8 Å². The molecule has 5 nitrogen and oxygen atoms in total. The van der Waals surface area contributed by atoms with Crippen molar-refractivity contribution in [1.29, 1.82) is 0 Å². The van der Waals surface area contributed by atoms with Crippen LogP contribution < -0.4 is 5.32 Å². The summed E-state index contributed by atoms with van der Waals surface area (Å²) in [5.74, 6) is 0.115. The smallest absolute Gasteiger partial charge is 0.236 e. The van der Waals surface area contributed by atoms with Gasteiger partial charge < -0.3 is 10.2 Å². The minimum Gasteiger partial charge on any atom is -0.342 e. The fraction of sp³-hybridized carbons (Fsp3) is 0.400. The molecule has 0 aliphatic carbocycles. The fourth-order valence-corrected chi connectivity index (χ4v) is 2.07. The Hall–Kier alpha value is -2.01. The summed E-state index contributed by atoms with van der Waals surface area (Å²) in [6.45, 7) is 6.33. The van der Waals surface area contributed by atoms with E-state index in [1.807, 2.05) is 38.1 Å². The molecule has 1 heterocycles. The molecule has 2 rings (SSSR count). The molecular weight excluding hydrogens is 252 g/mol. The number of nitrogens with zero attached hydrogens (tertiary/aromatic N) is 3. The molecule has 0 spiro atoms. The van der Waals surface area contributed by atoms with E-state index >= 15 is 0 Å². The summed E-state index contributed by atoms with van der Waals surface area (Å²) < 4.78 is 0. The standard InChI is InChI=1S/C15H20N4O/c1-3-19(4-2)15(20)11-16-9-12-10-17-13-7-5-6-8-14(13)18-12/h5-8,10,16H,3-4,9,11H2,1-2H3. The summed E-state index contributed by atoms with van der Waals surface area (Å²) in [5, 5.41) is 3.12. The number of rotatable bonds is 6. The molecule has 0 aliphatic rings. The number of carbonyl (C=O) groups is 1. The number of carbonyl (C=O) groups excluding carboxylic acids is 1. The predicted octanol–water partition coefficient (Wildman–Crippen LogP) is 1.59. The Morgan fingerprint density at radius 1 is 1.20 bits per heavy atom. The first kappa shape index (κ1) is 14.4. The molecule has 2 aromatic rings. The van der Waals surface area contributed by atoms with Crippen molar-refractivity contribution < 1.29 is 4.79 Å². The Kier molecular flexibility index (Phi) is 5.01. The lowest BCUT2D eigenvalue weighted by molar-refractivity contribution is -0.129. The number of benzene rings is 1. The molecule has 0 saturated heterocycles. The largest absolute Gasteiger partial charge is 0.342 e. The van der Waals surface area contributed by atoms with Crippen molar-refractivity contribution in [2.45, 2.75) is 20.4 Å². The Morgan fingerprint density at radius 3 is 2.60 bits per heavy atom. The molecular formula is C15H20N4O. The number of aromatic nitrogens is 2. The van der Waals surface area contributed by atoms with Gasteiger partial charge in [0, 0.05) is 19.6 Å². The van der Waals surface area contributed by atoms with E-state index in [0.29, 0.717) is 13.1 Å². The van der Waals surface area contributed by atoms with Gasteiger partial charge in [0.1, 0.15) is 0 Å². The molecule has 0 bridgehead atoms. The molecule has 0 unspecified atom stereocenters. The second kappa shape index (κ2) is 6.96. The van der Waals surface area contributed by atoms with Crippen molar-refractivity contribution in [2.75, 3.05) is 19.6 Å². The highest BCUT2D eigenvalue weighted by Crippen LogP contribution is 2.08. The third kappa shape index (κ3) is 3.51. The summed E-state index contributed by atoms with van der Waals surface area (Å²) >= 11 is 0. The third-order valence-corrected chi connectivity index (χ3v) is 3.20. The van der Waals surface area contributed by atoms with E-state index in [-0.39, 0.29) is 5.91 Å². The maximum Gasteiger partial charge on any atom is 0.236 e. The van der Waals surface area contributed by atoms with Gasteiger partial charge in [0.25, 0.3) is 0 Å². The first-order chi connectivity index (χ1) is 9.74. The van der Waals surface area contributed by atoms with Gasteiger partial charge in [-0.2, -0.15) is 0 Å². The average molecular weight is 272 g/mol. The first-order valence-corrected chi connectivity index (χ1v) is 6.93. The predicted molar refractivity (Wildman–Crippen MR) is 79.2 cm³/mol. The van der Waals surface area contributed by atoms with Gasteiger partial charge in [0.15, 0.2) is 0 Å². The lowest BCUT2D eigenvalue weighted by atomic mass is 10.3. The van der Waals surface area contributed by atoms with Gasteiger partial charge in [0.05, 0.1) is 29.5 Å². The van der Waals surface area contributed by atoms with E-state index in [4.69, 9.17) is 0 Å². The quantitative estimate of drug-likeness (QED) is 0.867. The molecule has 106 valence electrons. The molecule has 5 heteroatoms. The third-order valence-electron chi connectivity index (χ3n) is 3.20. The number of hydrogen-bond donors (Lipinski definition) is 1. The van der Waals surface area contributed by atoms with E-state index in [9.17, 15) is 4.79 Å². The molecule has 0 radical (unpaired) electrons. The van der Waals surface area contributed by atoms with Gasteiger partial charge in [-0.1, -0.05) is 12.1 Å². The van der Waals surface area contributed by atoms with Crippen LogP contribution >= 0.6 is 0 Å². The van der Waals surface area contributed by atoms with E-state index < -0.39 is 0 Å². The minimum atomic E-state index is 0.115. The second-order valence-corrected chi connectivity index (χ2v) is 4.52. The van der Waals surface area contributed by atoms with Gasteiger partial charge in [-0.25, -0.2) is 4.98 Å². The van der Waals surface area contributed by atoms with Crippen LogP contribution in [0.4, 0.5) is 0 Å². The van der Waals surface area contributed by atoms with E-state index in [2.05, 4.69) is 15.3 Å². The molecule has 0 aliphatic heterocycles. The molecule has 0 saturated carbocycles. The number of nitrogens with one attached hydrogen (secondary N) is 1. The molecule has 1 aromatic heterocycles. The van der Waals surface area contributed by atoms with Crippen molar-refractivity contribution in [3.63, 3.8) is 0 Å². The fourth-order valence-electron chi connectivity index (χ4n) is 2.07. The topological polar surface area (TPSA) is 58.1 Å². The highest BCUT2D eigenvalue weighted by Gasteiger charge is 2.08. The van der Waals surface area contributed by atoms with Crippen molar-refractivity contribution in [3.8, 4) is 0 Å². The maximum atomic E-state index is 11.8. The number of fused-ring (bicyclic) bond motifs is 1. The molecule has 1 N–H and O–H groups in total. The van der Waals surface area contributed by atoms with Crippen LogP contribution in [0.25, 0.3) is 11.0 Å². The summed E-state index contributed by atoms with van der Waals surface area (Å²) in [7, 11) is 0. The number of para-hydroxylation sites is 2. The zero-order chi connectivity index (χ0) is 14.4. The van der Waals surface area contributed by atoms with Crippen molar-refractivity contribution >= 4 is 16.9 Å². The Morgan fingerprint density at radius 2 is 1.90 bits per heavy atom. The minimum absolute atomic E-state index is 0.115. The van der Waals surface area contributed by atoms with Gasteiger partial charge in [-0.05, 0) is 26.0 Å². The van der Waals surface area contributed by atoms with Crippen molar-refractivity contribution in [3.05, 3.63) is 36.2 Å². The van der Waals surface area contributed by atoms with Crippen LogP contribution in [0.1, 0.15) is 19.5 Å². The van der Waals surface area contributed by atoms with Crippen LogP contribution in [0.15, 0.2) is 30.5 Å². The summed E-state index contributed by atoms with van der Waals surface area (Å²) in [4.78, 5) is 22.5. The normalized spacial score (nSPS) is 10.7. The van der Waals surface area contributed by atoms with Crippen LogP contribution in [0.2, 0.25) is 0 Å². The Bertz CT molecular complexity index is 581.